The molecule has 0 saturated heterocycles. The normalized spacial score (nSPS) is 15.2. The van der Waals surface area contributed by atoms with Crippen LogP contribution in [0.1, 0.15) is 44.2 Å². The summed E-state index contributed by atoms with van der Waals surface area (Å²) in [5.41, 5.74) is 0.861. The summed E-state index contributed by atoms with van der Waals surface area (Å²) in [5.74, 6) is -1.29. The number of fused-ring (bicyclic) bond motifs is 1. The monoisotopic (exact) mass is 526 g/mol. The number of ether oxygens (including phenoxy) is 3. The molecule has 4 rings (SSSR count). The molecule has 0 amide bonds. The van der Waals surface area contributed by atoms with Crippen LogP contribution in [0.15, 0.2) is 56.8 Å². The predicted molar refractivity (Wildman–Crippen MR) is 134 cm³/mol. The highest BCUT2D eigenvalue weighted by Gasteiger charge is 2.33. The van der Waals surface area contributed by atoms with Crippen molar-refractivity contribution < 1.29 is 28.6 Å². The molecule has 0 bridgehead atoms. The Balaban J connectivity index is 1.89. The van der Waals surface area contributed by atoms with Gasteiger partial charge in [0, 0.05) is 30.4 Å². The summed E-state index contributed by atoms with van der Waals surface area (Å²) in [6.45, 7) is 6.14. The summed E-state index contributed by atoms with van der Waals surface area (Å²) < 4.78 is 17.5. The first-order valence-corrected chi connectivity index (χ1v) is 12.6. The third-order valence-electron chi connectivity index (χ3n) is 5.12. The maximum Gasteiger partial charge on any atom is 0.338 e. The van der Waals surface area contributed by atoms with Crippen LogP contribution in [-0.2, 0) is 19.1 Å². The van der Waals surface area contributed by atoms with E-state index < -0.39 is 23.9 Å². The molecule has 0 radical (unpaired) electrons. The molecule has 36 heavy (non-hydrogen) atoms. The maximum absolute atomic E-state index is 13.6. The van der Waals surface area contributed by atoms with E-state index in [4.69, 9.17) is 14.2 Å². The van der Waals surface area contributed by atoms with Crippen molar-refractivity contribution in [2.24, 2.45) is 4.99 Å². The Morgan fingerprint density at radius 1 is 1.14 bits per heavy atom. The summed E-state index contributed by atoms with van der Waals surface area (Å²) in [5, 5.41) is 1.87. The predicted octanol–water partition coefficient (Wildman–Crippen LogP) is 2.71. The van der Waals surface area contributed by atoms with Gasteiger partial charge in [-0.15, -0.1) is 11.3 Å². The minimum absolute atomic E-state index is 0.130. The Hall–Kier alpha value is -3.83. The quantitative estimate of drug-likeness (QED) is 0.358. The average Bonchev–Trinajstić information content (AvgIpc) is 3.43. The Bertz CT molecular complexity index is 1560. The highest BCUT2D eigenvalue weighted by molar-refractivity contribution is 7.10. The number of nitrogens with zero attached hydrogens (tertiary/aromatic N) is 2. The molecule has 11 heteroatoms. The highest BCUT2D eigenvalue weighted by Crippen LogP contribution is 2.33. The van der Waals surface area contributed by atoms with Crippen LogP contribution in [-0.4, -0.2) is 29.1 Å². The Morgan fingerprint density at radius 3 is 2.53 bits per heavy atom. The fraction of sp³-hybridized carbons (Fsp3) is 0.240. The van der Waals surface area contributed by atoms with Crippen molar-refractivity contribution in [2.45, 2.75) is 33.7 Å². The van der Waals surface area contributed by atoms with E-state index in [0.29, 0.717) is 26.2 Å². The minimum atomic E-state index is -0.679. The first-order chi connectivity index (χ1) is 17.2. The third-order valence-corrected chi connectivity index (χ3v) is 7.02. The van der Waals surface area contributed by atoms with Gasteiger partial charge in [0.15, 0.2) is 4.80 Å². The Kier molecular flexibility index (Phi) is 7.32. The number of hydrogen-bond donors (Lipinski definition) is 0. The van der Waals surface area contributed by atoms with Crippen LogP contribution in [0.25, 0.3) is 6.08 Å². The zero-order valence-electron chi connectivity index (χ0n) is 19.9. The second-order valence-electron chi connectivity index (χ2n) is 7.70. The van der Waals surface area contributed by atoms with E-state index in [2.05, 4.69) is 4.99 Å². The van der Waals surface area contributed by atoms with Gasteiger partial charge in [0.1, 0.15) is 17.5 Å². The standard InChI is InChI=1S/C25H22N2O7S2/c1-5-32-24(31)21-13(2)26-25-27(22(21)19-7-6-10-35-19)23(30)20(36-25)11-16-8-9-17(33-14(3)28)12-18(16)34-15(4)29/h6-12,22H,5H2,1-4H3/b20-11-/t22-/m0/s1. The van der Waals surface area contributed by atoms with Crippen molar-refractivity contribution in [1.82, 2.24) is 4.57 Å². The molecule has 186 valence electrons. The summed E-state index contributed by atoms with van der Waals surface area (Å²) >= 11 is 2.58. The van der Waals surface area contributed by atoms with E-state index in [1.165, 1.54) is 41.9 Å². The van der Waals surface area contributed by atoms with E-state index >= 15 is 0 Å². The molecule has 0 aliphatic carbocycles. The number of allylic oxidation sites excluding steroid dienone is 1. The van der Waals surface area contributed by atoms with Gasteiger partial charge in [0.25, 0.3) is 5.56 Å². The number of thiazole rings is 1. The number of aromatic nitrogens is 1. The van der Waals surface area contributed by atoms with Crippen molar-refractivity contribution in [3.63, 3.8) is 0 Å². The zero-order valence-corrected chi connectivity index (χ0v) is 21.5. The Labute approximate surface area is 213 Å². The largest absolute Gasteiger partial charge is 0.463 e. The van der Waals surface area contributed by atoms with Crippen LogP contribution in [0.3, 0.4) is 0 Å². The van der Waals surface area contributed by atoms with Gasteiger partial charge in [0.2, 0.25) is 0 Å². The van der Waals surface area contributed by atoms with E-state index in [9.17, 15) is 19.2 Å². The van der Waals surface area contributed by atoms with Gasteiger partial charge in [-0.3, -0.25) is 19.0 Å². The lowest BCUT2D eigenvalue weighted by Crippen LogP contribution is -2.39. The van der Waals surface area contributed by atoms with Gasteiger partial charge in [0.05, 0.1) is 22.4 Å². The van der Waals surface area contributed by atoms with Crippen LogP contribution in [0.2, 0.25) is 0 Å². The molecule has 9 nitrogen and oxygen atoms in total. The molecule has 0 spiro atoms. The molecule has 3 heterocycles. The van der Waals surface area contributed by atoms with Crippen LogP contribution >= 0.6 is 22.7 Å². The highest BCUT2D eigenvalue weighted by atomic mass is 32.1. The second-order valence-corrected chi connectivity index (χ2v) is 9.69. The third kappa shape index (κ3) is 5.07. The fourth-order valence-electron chi connectivity index (χ4n) is 3.76. The van der Waals surface area contributed by atoms with Gasteiger partial charge in [-0.05, 0) is 43.5 Å². The first kappa shape index (κ1) is 25.3. The van der Waals surface area contributed by atoms with Gasteiger partial charge >= 0.3 is 17.9 Å². The molecule has 3 aromatic rings. The van der Waals surface area contributed by atoms with Crippen LogP contribution in [0, 0.1) is 0 Å². The zero-order chi connectivity index (χ0) is 26.0. The van der Waals surface area contributed by atoms with Gasteiger partial charge in [-0.25, -0.2) is 9.79 Å². The lowest BCUT2D eigenvalue weighted by molar-refractivity contribution is -0.139. The van der Waals surface area contributed by atoms with Crippen molar-refractivity contribution >= 4 is 46.7 Å². The molecule has 0 N–H and O–H groups in total. The molecule has 1 aliphatic heterocycles. The molecule has 0 saturated carbocycles. The van der Waals surface area contributed by atoms with Crippen molar-refractivity contribution in [2.75, 3.05) is 6.61 Å². The number of benzene rings is 1. The van der Waals surface area contributed by atoms with Crippen LogP contribution in [0.5, 0.6) is 11.5 Å². The summed E-state index contributed by atoms with van der Waals surface area (Å²) in [6, 6.07) is 7.56. The van der Waals surface area contributed by atoms with Crippen LogP contribution < -0.4 is 24.4 Å². The Morgan fingerprint density at radius 2 is 1.89 bits per heavy atom. The number of carbonyl (C=O) groups excluding carboxylic acids is 3. The fourth-order valence-corrected chi connectivity index (χ4v) is 5.62. The molecule has 1 atom stereocenters. The van der Waals surface area contributed by atoms with Crippen molar-refractivity contribution in [1.29, 1.82) is 0 Å². The van der Waals surface area contributed by atoms with Crippen LogP contribution in [0.4, 0.5) is 0 Å². The smallest absolute Gasteiger partial charge is 0.338 e. The maximum atomic E-state index is 13.6. The minimum Gasteiger partial charge on any atom is -0.463 e. The molecule has 2 aromatic heterocycles. The lowest BCUT2D eigenvalue weighted by atomic mass is 10.0. The van der Waals surface area contributed by atoms with Gasteiger partial charge in [-0.1, -0.05) is 17.4 Å². The summed E-state index contributed by atoms with van der Waals surface area (Å²) in [7, 11) is 0. The van der Waals surface area contributed by atoms with E-state index in [1.807, 2.05) is 17.5 Å². The van der Waals surface area contributed by atoms with Gasteiger partial charge in [-0.2, -0.15) is 0 Å². The van der Waals surface area contributed by atoms with E-state index in [-0.39, 0.29) is 23.7 Å². The number of carbonyl (C=O) groups is 3. The summed E-state index contributed by atoms with van der Waals surface area (Å²) in [4.78, 5) is 55.2. The molecular formula is C25H22N2O7S2. The number of esters is 3. The van der Waals surface area contributed by atoms with Gasteiger partial charge < -0.3 is 14.2 Å². The first-order valence-electron chi connectivity index (χ1n) is 10.9. The van der Waals surface area contributed by atoms with E-state index in [0.717, 1.165) is 16.2 Å². The lowest BCUT2D eigenvalue weighted by Gasteiger charge is -2.23. The topological polar surface area (TPSA) is 113 Å². The SMILES string of the molecule is CCOC(=O)C1=C(C)N=c2s/c(=C\c3ccc(OC(C)=O)cc3OC(C)=O)c(=O)n2[C@H]1c1cccs1. The molecule has 1 aromatic carbocycles. The molecule has 1 aliphatic rings. The molecular weight excluding hydrogens is 504 g/mol. The number of rotatable bonds is 6. The summed E-state index contributed by atoms with van der Waals surface area (Å²) in [6.07, 6.45) is 1.58. The average molecular weight is 527 g/mol. The molecule has 0 unspecified atom stereocenters. The van der Waals surface area contributed by atoms with Crippen molar-refractivity contribution in [3.05, 3.63) is 77.1 Å². The number of hydrogen-bond acceptors (Lipinski definition) is 10. The van der Waals surface area contributed by atoms with Crippen molar-refractivity contribution in [3.8, 4) is 11.5 Å². The number of thiophene rings is 1. The van der Waals surface area contributed by atoms with E-state index in [1.54, 1.807) is 26.0 Å². The second kappa shape index (κ2) is 10.4. The molecule has 0 fully saturated rings.